The Labute approximate surface area is 126 Å². The minimum Gasteiger partial charge on any atom is -0.496 e. The van der Waals surface area contributed by atoms with Gasteiger partial charge in [-0.15, -0.1) is 0 Å². The van der Waals surface area contributed by atoms with Crippen molar-refractivity contribution < 1.29 is 9.47 Å². The third-order valence-electron chi connectivity index (χ3n) is 3.58. The van der Waals surface area contributed by atoms with E-state index in [0.717, 1.165) is 47.4 Å². The fraction of sp³-hybridized carbons (Fsp3) is 0.400. The van der Waals surface area contributed by atoms with Gasteiger partial charge in [-0.2, -0.15) is 0 Å². The Bertz CT molecular complexity index is 605. The molecule has 3 rings (SSSR count). The molecule has 5 heteroatoms. The van der Waals surface area contributed by atoms with Crippen LogP contribution >= 0.6 is 15.9 Å². The van der Waals surface area contributed by atoms with E-state index < -0.39 is 0 Å². The molecule has 20 heavy (non-hydrogen) atoms. The Morgan fingerprint density at radius 2 is 2.30 bits per heavy atom. The van der Waals surface area contributed by atoms with Crippen LogP contribution < -0.4 is 9.64 Å². The van der Waals surface area contributed by atoms with E-state index in [2.05, 4.69) is 31.9 Å². The predicted molar refractivity (Wildman–Crippen MR) is 84.0 cm³/mol. The number of ether oxygens (including phenoxy) is 2. The van der Waals surface area contributed by atoms with Crippen LogP contribution in [0.4, 0.5) is 5.82 Å². The lowest BCUT2D eigenvalue weighted by Gasteiger charge is -2.33. The molecule has 0 aliphatic carbocycles. The molecule has 0 N–H and O–H groups in total. The van der Waals surface area contributed by atoms with E-state index in [1.165, 1.54) is 0 Å². The predicted octanol–water partition coefficient (Wildman–Crippen LogP) is 2.84. The van der Waals surface area contributed by atoms with Gasteiger partial charge in [0.05, 0.1) is 19.8 Å². The van der Waals surface area contributed by atoms with E-state index in [4.69, 9.17) is 9.47 Å². The third kappa shape index (κ3) is 2.47. The molecule has 0 spiro atoms. The number of alkyl halides is 1. The molecule has 0 radical (unpaired) electrons. The number of morpholine rings is 1. The summed E-state index contributed by atoms with van der Waals surface area (Å²) in [6, 6.07) is 8.08. The number of benzene rings is 1. The maximum atomic E-state index is 5.69. The van der Waals surface area contributed by atoms with Gasteiger partial charge in [0.2, 0.25) is 0 Å². The highest BCUT2D eigenvalue weighted by atomic mass is 79.9. The van der Waals surface area contributed by atoms with Crippen molar-refractivity contribution in [3.8, 4) is 5.75 Å². The quantitative estimate of drug-likeness (QED) is 0.807. The molecule has 2 heterocycles. The Kier molecular flexibility index (Phi) is 4.08. The number of rotatable bonds is 3. The van der Waals surface area contributed by atoms with E-state index in [9.17, 15) is 0 Å². The van der Waals surface area contributed by atoms with Crippen LogP contribution in [0.5, 0.6) is 5.75 Å². The molecular weight excluding hydrogens is 320 g/mol. The van der Waals surface area contributed by atoms with Gasteiger partial charge < -0.3 is 14.4 Å². The highest BCUT2D eigenvalue weighted by Gasteiger charge is 2.22. The van der Waals surface area contributed by atoms with Crippen molar-refractivity contribution >= 4 is 32.5 Å². The fourth-order valence-corrected chi connectivity index (χ4v) is 2.99. The van der Waals surface area contributed by atoms with Crippen LogP contribution in [0.15, 0.2) is 30.5 Å². The number of halogens is 1. The maximum absolute atomic E-state index is 5.69. The van der Waals surface area contributed by atoms with Crippen molar-refractivity contribution in [1.29, 1.82) is 0 Å². The first-order valence-electron chi connectivity index (χ1n) is 6.67. The summed E-state index contributed by atoms with van der Waals surface area (Å²) in [4.78, 5) is 6.86. The van der Waals surface area contributed by atoms with Crippen LogP contribution in [0.25, 0.3) is 10.8 Å². The average Bonchev–Trinajstić information content (AvgIpc) is 2.53. The molecule has 1 aliphatic heterocycles. The number of hydrogen-bond acceptors (Lipinski definition) is 4. The molecule has 106 valence electrons. The monoisotopic (exact) mass is 336 g/mol. The average molecular weight is 337 g/mol. The first-order valence-corrected chi connectivity index (χ1v) is 7.80. The van der Waals surface area contributed by atoms with Crippen molar-refractivity contribution in [3.05, 3.63) is 30.5 Å². The Balaban J connectivity index is 2.03. The van der Waals surface area contributed by atoms with Gasteiger partial charge in [-0.3, -0.25) is 0 Å². The number of pyridine rings is 1. The van der Waals surface area contributed by atoms with Crippen molar-refractivity contribution in [1.82, 2.24) is 4.98 Å². The van der Waals surface area contributed by atoms with Gasteiger partial charge in [-0.05, 0) is 12.1 Å². The van der Waals surface area contributed by atoms with Gasteiger partial charge in [-0.1, -0.05) is 28.1 Å². The van der Waals surface area contributed by atoms with Crippen molar-refractivity contribution in [3.63, 3.8) is 0 Å². The molecule has 0 bridgehead atoms. The first-order chi connectivity index (χ1) is 9.83. The van der Waals surface area contributed by atoms with Gasteiger partial charge in [-0.25, -0.2) is 4.98 Å². The van der Waals surface area contributed by atoms with E-state index in [-0.39, 0.29) is 6.10 Å². The lowest BCUT2D eigenvalue weighted by molar-refractivity contribution is 0.0569. The van der Waals surface area contributed by atoms with Gasteiger partial charge in [0.1, 0.15) is 11.6 Å². The van der Waals surface area contributed by atoms with E-state index in [1.807, 2.05) is 24.4 Å². The summed E-state index contributed by atoms with van der Waals surface area (Å²) >= 11 is 3.49. The Morgan fingerprint density at radius 1 is 1.40 bits per heavy atom. The normalized spacial score (nSPS) is 19.3. The van der Waals surface area contributed by atoms with Gasteiger partial charge >= 0.3 is 0 Å². The van der Waals surface area contributed by atoms with E-state index >= 15 is 0 Å². The van der Waals surface area contributed by atoms with Crippen molar-refractivity contribution in [2.45, 2.75) is 6.10 Å². The van der Waals surface area contributed by atoms with Gasteiger partial charge in [0.15, 0.2) is 0 Å². The first kappa shape index (κ1) is 13.6. The summed E-state index contributed by atoms with van der Waals surface area (Å²) in [5, 5.41) is 3.07. The van der Waals surface area contributed by atoms with Crippen LogP contribution in [-0.2, 0) is 4.74 Å². The van der Waals surface area contributed by atoms with Crippen LogP contribution in [0.2, 0.25) is 0 Å². The molecule has 1 unspecified atom stereocenters. The second kappa shape index (κ2) is 5.97. The summed E-state index contributed by atoms with van der Waals surface area (Å²) in [7, 11) is 1.70. The molecule has 2 aromatic rings. The minimum absolute atomic E-state index is 0.214. The molecule has 1 fully saturated rings. The summed E-state index contributed by atoms with van der Waals surface area (Å²) < 4.78 is 11.1. The van der Waals surface area contributed by atoms with Gasteiger partial charge in [0.25, 0.3) is 0 Å². The maximum Gasteiger partial charge on any atom is 0.136 e. The number of nitrogens with zero attached hydrogens (tertiary/aromatic N) is 2. The minimum atomic E-state index is 0.214. The van der Waals surface area contributed by atoms with Crippen LogP contribution in [0.3, 0.4) is 0 Å². The van der Waals surface area contributed by atoms with Crippen LogP contribution in [0, 0.1) is 0 Å². The molecular formula is C15H17BrN2O2. The highest BCUT2D eigenvalue weighted by Crippen LogP contribution is 2.31. The summed E-state index contributed by atoms with van der Waals surface area (Å²) in [6.07, 6.45) is 2.06. The van der Waals surface area contributed by atoms with Gasteiger partial charge in [0, 0.05) is 35.4 Å². The summed E-state index contributed by atoms with van der Waals surface area (Å²) in [5.74, 6) is 1.90. The number of methoxy groups -OCH3 is 1. The van der Waals surface area contributed by atoms with Crippen molar-refractivity contribution in [2.24, 2.45) is 0 Å². The Morgan fingerprint density at radius 3 is 3.10 bits per heavy atom. The van der Waals surface area contributed by atoms with Crippen LogP contribution in [0.1, 0.15) is 0 Å². The zero-order chi connectivity index (χ0) is 13.9. The fourth-order valence-electron chi connectivity index (χ4n) is 2.60. The standard InChI is InChI=1S/C15H17BrN2O2/c1-19-14-4-2-3-13-12(14)5-6-17-15(13)18-7-8-20-11(9-16)10-18/h2-6,11H,7-10H2,1H3. The molecule has 1 aromatic heterocycles. The van der Waals surface area contributed by atoms with E-state index in [0.29, 0.717) is 0 Å². The van der Waals surface area contributed by atoms with Crippen LogP contribution in [-0.4, -0.2) is 43.2 Å². The highest BCUT2D eigenvalue weighted by molar-refractivity contribution is 9.09. The zero-order valence-corrected chi connectivity index (χ0v) is 13.0. The zero-order valence-electron chi connectivity index (χ0n) is 11.4. The second-order valence-corrected chi connectivity index (χ2v) is 5.43. The molecule has 0 saturated carbocycles. The third-order valence-corrected chi connectivity index (χ3v) is 4.30. The molecule has 1 aromatic carbocycles. The summed E-state index contributed by atoms with van der Waals surface area (Å²) in [5.41, 5.74) is 0. The molecule has 4 nitrogen and oxygen atoms in total. The SMILES string of the molecule is COc1cccc2c(N3CCOC(CBr)C3)nccc12. The number of aromatic nitrogens is 1. The molecule has 1 saturated heterocycles. The molecule has 1 atom stereocenters. The number of fused-ring (bicyclic) bond motifs is 1. The topological polar surface area (TPSA) is 34.6 Å². The molecule has 1 aliphatic rings. The Hall–Kier alpha value is -1.33. The lowest BCUT2D eigenvalue weighted by atomic mass is 10.1. The number of hydrogen-bond donors (Lipinski definition) is 0. The smallest absolute Gasteiger partial charge is 0.136 e. The number of anilines is 1. The van der Waals surface area contributed by atoms with Crippen molar-refractivity contribution in [2.75, 3.05) is 37.0 Å². The lowest BCUT2D eigenvalue weighted by Crippen LogP contribution is -2.43. The second-order valence-electron chi connectivity index (χ2n) is 4.78. The summed E-state index contributed by atoms with van der Waals surface area (Å²) in [6.45, 7) is 2.46. The largest absolute Gasteiger partial charge is 0.496 e. The molecule has 0 amide bonds. The van der Waals surface area contributed by atoms with E-state index in [1.54, 1.807) is 7.11 Å².